The number of hydrogen-bond acceptors (Lipinski definition) is 5. The van der Waals surface area contributed by atoms with Crippen LogP contribution < -0.4 is 4.74 Å². The molecule has 0 amide bonds. The molecule has 0 N–H and O–H groups in total. The lowest BCUT2D eigenvalue weighted by Crippen LogP contribution is -2.13. The van der Waals surface area contributed by atoms with Crippen LogP contribution in [0, 0.1) is 24.6 Å². The predicted molar refractivity (Wildman–Crippen MR) is 113 cm³/mol. The molecule has 9 heteroatoms. The largest absolute Gasteiger partial charge is 0.744 e. The summed E-state index contributed by atoms with van der Waals surface area (Å²) in [5, 5.41) is 0. The van der Waals surface area contributed by atoms with Crippen molar-refractivity contribution in [1.29, 1.82) is 0 Å². The SMILES string of the molecule is Cc1c(OC(=O)c2cc(I)cc(I)c2I)ccc(S(=O)(=O)[O-])c1C. The Morgan fingerprint density at radius 1 is 1.08 bits per heavy atom. The fourth-order valence-electron chi connectivity index (χ4n) is 2.01. The van der Waals surface area contributed by atoms with E-state index in [0.717, 1.165) is 16.8 Å². The fraction of sp³-hybridized carbons (Fsp3) is 0.133. The molecule has 0 heterocycles. The maximum absolute atomic E-state index is 12.5. The van der Waals surface area contributed by atoms with E-state index < -0.39 is 16.1 Å². The number of carbonyl (C=O) groups is 1. The van der Waals surface area contributed by atoms with Gasteiger partial charge in [-0.3, -0.25) is 0 Å². The van der Waals surface area contributed by atoms with Crippen LogP contribution in [-0.4, -0.2) is 18.9 Å². The van der Waals surface area contributed by atoms with E-state index in [2.05, 4.69) is 67.8 Å². The Morgan fingerprint density at radius 2 is 1.71 bits per heavy atom. The molecular weight excluding hydrogens is 673 g/mol. The van der Waals surface area contributed by atoms with E-state index in [4.69, 9.17) is 4.74 Å². The first-order chi connectivity index (χ1) is 11.0. The van der Waals surface area contributed by atoms with E-state index in [-0.39, 0.29) is 16.2 Å². The van der Waals surface area contributed by atoms with Gasteiger partial charge in [0.15, 0.2) is 0 Å². The first-order valence-electron chi connectivity index (χ1n) is 6.45. The highest BCUT2D eigenvalue weighted by atomic mass is 127. The van der Waals surface area contributed by atoms with Crippen LogP contribution in [0.15, 0.2) is 29.2 Å². The average molecular weight is 683 g/mol. The number of halogens is 3. The normalized spacial score (nSPS) is 11.4. The first kappa shape index (κ1) is 20.3. The number of esters is 1. The highest BCUT2D eigenvalue weighted by molar-refractivity contribution is 14.1. The molecule has 0 aliphatic heterocycles. The summed E-state index contributed by atoms with van der Waals surface area (Å²) >= 11 is 6.34. The van der Waals surface area contributed by atoms with Crippen molar-refractivity contribution in [3.63, 3.8) is 0 Å². The molecule has 0 spiro atoms. The molecule has 24 heavy (non-hydrogen) atoms. The molecule has 0 saturated heterocycles. The van der Waals surface area contributed by atoms with Crippen LogP contribution in [0.2, 0.25) is 0 Å². The molecule has 2 aromatic rings. The Balaban J connectivity index is 2.43. The maximum atomic E-state index is 12.5. The molecule has 5 nitrogen and oxygen atoms in total. The van der Waals surface area contributed by atoms with Crippen molar-refractivity contribution < 1.29 is 22.5 Å². The van der Waals surface area contributed by atoms with Gasteiger partial charge in [0.1, 0.15) is 15.9 Å². The molecule has 0 atom stereocenters. The molecule has 2 aromatic carbocycles. The molecule has 0 unspecified atom stereocenters. The van der Waals surface area contributed by atoms with Crippen molar-refractivity contribution in [3.8, 4) is 5.75 Å². The van der Waals surface area contributed by atoms with Gasteiger partial charge >= 0.3 is 5.97 Å². The van der Waals surface area contributed by atoms with Crippen LogP contribution in [0.5, 0.6) is 5.75 Å². The summed E-state index contributed by atoms with van der Waals surface area (Å²) in [6.07, 6.45) is 0. The van der Waals surface area contributed by atoms with Crippen molar-refractivity contribution in [2.24, 2.45) is 0 Å². The van der Waals surface area contributed by atoms with E-state index in [1.165, 1.54) is 13.0 Å². The second-order valence-electron chi connectivity index (χ2n) is 4.90. The van der Waals surface area contributed by atoms with Crippen molar-refractivity contribution in [2.45, 2.75) is 18.7 Å². The van der Waals surface area contributed by atoms with E-state index >= 15 is 0 Å². The van der Waals surface area contributed by atoms with Crippen LogP contribution in [0.3, 0.4) is 0 Å². The summed E-state index contributed by atoms with van der Waals surface area (Å²) in [6, 6.07) is 6.17. The summed E-state index contributed by atoms with van der Waals surface area (Å²) in [5.41, 5.74) is 1.15. The van der Waals surface area contributed by atoms with Gasteiger partial charge in [0.2, 0.25) is 0 Å². The van der Waals surface area contributed by atoms with Gasteiger partial charge in [0.25, 0.3) is 0 Å². The second-order valence-corrected chi connectivity index (χ2v) is 9.74. The lowest BCUT2D eigenvalue weighted by molar-refractivity contribution is 0.0732. The van der Waals surface area contributed by atoms with Gasteiger partial charge in [-0.25, -0.2) is 13.2 Å². The van der Waals surface area contributed by atoms with Crippen molar-refractivity contribution in [2.75, 3.05) is 0 Å². The zero-order valence-electron chi connectivity index (χ0n) is 12.4. The molecule has 0 aliphatic carbocycles. The first-order valence-corrected chi connectivity index (χ1v) is 11.1. The summed E-state index contributed by atoms with van der Waals surface area (Å²) in [6.45, 7) is 3.12. The van der Waals surface area contributed by atoms with Crippen LogP contribution in [-0.2, 0) is 10.1 Å². The highest BCUT2D eigenvalue weighted by Crippen LogP contribution is 2.29. The molecular formula is C15H10I3O5S-. The predicted octanol–water partition coefficient (Wildman–Crippen LogP) is 4.24. The third-order valence-electron chi connectivity index (χ3n) is 3.37. The van der Waals surface area contributed by atoms with E-state index in [1.807, 2.05) is 6.07 Å². The Bertz CT molecular complexity index is 939. The van der Waals surface area contributed by atoms with Gasteiger partial charge < -0.3 is 9.29 Å². The Labute approximate surface area is 180 Å². The number of rotatable bonds is 3. The molecule has 0 radical (unpaired) electrons. The third kappa shape index (κ3) is 4.40. The molecule has 0 saturated carbocycles. The van der Waals surface area contributed by atoms with Gasteiger partial charge in [0, 0.05) is 10.7 Å². The number of ether oxygens (including phenoxy) is 1. The van der Waals surface area contributed by atoms with Gasteiger partial charge in [-0.2, -0.15) is 0 Å². The minimum absolute atomic E-state index is 0.231. The van der Waals surface area contributed by atoms with Gasteiger partial charge in [0.05, 0.1) is 10.5 Å². The van der Waals surface area contributed by atoms with Gasteiger partial charge in [-0.15, -0.1) is 0 Å². The van der Waals surface area contributed by atoms with Crippen LogP contribution in [0.25, 0.3) is 0 Å². The van der Waals surface area contributed by atoms with E-state index in [1.54, 1.807) is 13.0 Å². The van der Waals surface area contributed by atoms with Crippen molar-refractivity contribution in [3.05, 3.63) is 51.7 Å². The minimum Gasteiger partial charge on any atom is -0.744 e. The average Bonchev–Trinajstić information content (AvgIpc) is 2.46. The lowest BCUT2D eigenvalue weighted by Gasteiger charge is -2.16. The second kappa shape index (κ2) is 7.72. The summed E-state index contributed by atoms with van der Waals surface area (Å²) in [5.74, 6) is -0.300. The third-order valence-corrected chi connectivity index (χ3v) is 8.02. The van der Waals surface area contributed by atoms with E-state index in [0.29, 0.717) is 11.1 Å². The number of hydrogen-bond donors (Lipinski definition) is 0. The van der Waals surface area contributed by atoms with Crippen LogP contribution in [0.4, 0.5) is 0 Å². The summed E-state index contributed by atoms with van der Waals surface area (Å²) in [7, 11) is -4.57. The molecule has 0 fully saturated rings. The number of carbonyl (C=O) groups excluding carboxylic acids is 1. The Hall–Kier alpha value is 0.01000. The quantitative estimate of drug-likeness (QED) is 0.159. The number of benzene rings is 2. The highest BCUT2D eigenvalue weighted by Gasteiger charge is 2.18. The summed E-state index contributed by atoms with van der Waals surface area (Å²) in [4.78, 5) is 12.2. The van der Waals surface area contributed by atoms with Crippen molar-refractivity contribution >= 4 is 83.9 Å². The Kier molecular flexibility index (Phi) is 6.53. The molecule has 0 aromatic heterocycles. The van der Waals surface area contributed by atoms with Gasteiger partial charge in [-0.1, -0.05) is 0 Å². The molecule has 2 rings (SSSR count). The van der Waals surface area contributed by atoms with Gasteiger partial charge in [-0.05, 0) is 117 Å². The smallest absolute Gasteiger partial charge is 0.344 e. The monoisotopic (exact) mass is 683 g/mol. The lowest BCUT2D eigenvalue weighted by atomic mass is 10.1. The summed E-state index contributed by atoms with van der Waals surface area (Å²) < 4.78 is 41.7. The fourth-order valence-corrected chi connectivity index (χ4v) is 5.15. The van der Waals surface area contributed by atoms with E-state index in [9.17, 15) is 17.8 Å². The topological polar surface area (TPSA) is 83.5 Å². The van der Waals surface area contributed by atoms with Crippen LogP contribution >= 0.6 is 67.8 Å². The maximum Gasteiger partial charge on any atom is 0.344 e. The Morgan fingerprint density at radius 3 is 2.29 bits per heavy atom. The molecule has 128 valence electrons. The van der Waals surface area contributed by atoms with Crippen LogP contribution in [0.1, 0.15) is 21.5 Å². The molecule has 0 aliphatic rings. The zero-order valence-corrected chi connectivity index (χ0v) is 19.7. The standard InChI is InChI=1S/C15H11I3O5S/c1-7-8(2)13(24(20,21)22)4-3-12(7)23-15(19)10-5-9(16)6-11(17)14(10)18/h3-6H,1-2H3,(H,20,21,22)/p-1. The minimum atomic E-state index is -4.57. The van der Waals surface area contributed by atoms with Crippen molar-refractivity contribution in [1.82, 2.24) is 0 Å². The zero-order chi connectivity index (χ0) is 18.2. The molecule has 0 bridgehead atoms.